The molecule has 1 saturated heterocycles. The van der Waals surface area contributed by atoms with Gasteiger partial charge >= 0.3 is 36.9 Å². The highest BCUT2D eigenvalue weighted by Crippen LogP contribution is 2.72. The van der Waals surface area contributed by atoms with Crippen LogP contribution in [0.25, 0.3) is 11.2 Å². The summed E-state index contributed by atoms with van der Waals surface area (Å²) in [7, 11) is -22.4. The Morgan fingerprint density at radius 1 is 1.00 bits per heavy atom. The van der Waals surface area contributed by atoms with Gasteiger partial charge in [-0.25, -0.2) is 23.2 Å². The molecule has 1 aliphatic rings. The smallest absolute Gasteiger partial charge is 0.385 e. The SMILES string of the molecule is COP(=O)(O[C@H]1O[C@@H](n2cnc3c(=O)nc[nH]c32)[C@H](O)[C@H]1O)OP(=O)(O)OP(=O)(O)OP(=O)(O)O. The van der Waals surface area contributed by atoms with Crippen LogP contribution in [0.1, 0.15) is 6.23 Å². The number of phosphoric ester groups is 1. The third-order valence-electron chi connectivity index (χ3n) is 3.92. The number of nitrogens with one attached hydrogen (secondary N) is 1. The monoisotopic (exact) mass is 588 g/mol. The number of nitrogens with zero attached hydrogens (tertiary/aromatic N) is 3. The van der Waals surface area contributed by atoms with Crippen LogP contribution in [0.2, 0.25) is 0 Å². The summed E-state index contributed by atoms with van der Waals surface area (Å²) in [6.07, 6.45) is -5.50. The third kappa shape index (κ3) is 6.76. The molecule has 21 nitrogen and oxygen atoms in total. The Kier molecular flexibility index (Phi) is 8.04. The van der Waals surface area contributed by atoms with Crippen molar-refractivity contribution in [2.45, 2.75) is 24.7 Å². The van der Waals surface area contributed by atoms with Gasteiger partial charge in [0, 0.05) is 7.11 Å². The fraction of sp³-hybridized carbons (Fsp3) is 0.500. The summed E-state index contributed by atoms with van der Waals surface area (Å²) in [5.41, 5.74) is -0.916. The predicted molar refractivity (Wildman–Crippen MR) is 105 cm³/mol. The number of imidazole rings is 1. The zero-order chi connectivity index (χ0) is 26.4. The minimum atomic E-state index is -5.99. The topological polar surface area (TPSA) is 309 Å². The Morgan fingerprint density at radius 2 is 1.63 bits per heavy atom. The molecule has 198 valence electrons. The number of hydrogen-bond donors (Lipinski definition) is 7. The summed E-state index contributed by atoms with van der Waals surface area (Å²) in [6, 6.07) is 0. The Bertz CT molecular complexity index is 1340. The van der Waals surface area contributed by atoms with Crippen LogP contribution in [0.4, 0.5) is 0 Å². The van der Waals surface area contributed by atoms with Gasteiger partial charge < -0.3 is 39.5 Å². The van der Waals surface area contributed by atoms with Crippen molar-refractivity contribution in [2.75, 3.05) is 7.11 Å². The molecule has 25 heteroatoms. The molecule has 0 amide bonds. The van der Waals surface area contributed by atoms with Crippen molar-refractivity contribution < 1.29 is 74.8 Å². The minimum absolute atomic E-state index is 0.00918. The van der Waals surface area contributed by atoms with E-state index in [1.165, 1.54) is 0 Å². The van der Waals surface area contributed by atoms with Crippen molar-refractivity contribution in [3.8, 4) is 0 Å². The van der Waals surface area contributed by atoms with E-state index in [1.807, 2.05) is 0 Å². The summed E-state index contributed by atoms with van der Waals surface area (Å²) in [4.78, 5) is 57.3. The molecule has 1 fully saturated rings. The van der Waals surface area contributed by atoms with Crippen molar-refractivity contribution in [3.63, 3.8) is 0 Å². The maximum absolute atomic E-state index is 12.6. The van der Waals surface area contributed by atoms with Gasteiger partial charge in [0.25, 0.3) is 0 Å². The minimum Gasteiger partial charge on any atom is -0.385 e. The second kappa shape index (κ2) is 9.92. The van der Waals surface area contributed by atoms with E-state index in [1.54, 1.807) is 0 Å². The summed E-state index contributed by atoms with van der Waals surface area (Å²) in [6.45, 7) is 0. The second-order valence-corrected chi connectivity index (χ2v) is 12.6. The standard InChI is InChI=1S/C10H16N4O17P4/c1-26-35(25,31-34(23,24)30-33(21,22)29-32(18,19)20)28-10-6(16)5(15)9(27-10)14-3-13-4-7(14)11-2-12-8(4)17/h2-3,5-6,9-10,15-16H,1H3,(H,21,22)(H,23,24)(H,11,12,17)(H2,18,19,20)/t5-,6-,9-,10-,35?/m1/s1. The van der Waals surface area contributed by atoms with Crippen molar-refractivity contribution in [2.24, 2.45) is 0 Å². The molecule has 0 saturated carbocycles. The molecule has 0 bridgehead atoms. The molecule has 3 rings (SSSR count). The number of aromatic nitrogens is 4. The second-order valence-electron chi connectivity index (χ2n) is 6.34. The molecular formula is C10H16N4O17P4. The van der Waals surface area contributed by atoms with E-state index in [4.69, 9.17) is 23.9 Å². The molecule has 3 unspecified atom stereocenters. The van der Waals surface area contributed by atoms with Gasteiger partial charge in [0.2, 0.25) is 0 Å². The number of hydrogen-bond acceptors (Lipinski definition) is 15. The lowest BCUT2D eigenvalue weighted by atomic mass is 10.2. The molecule has 2 aromatic rings. The van der Waals surface area contributed by atoms with Gasteiger partial charge in [0.05, 0.1) is 12.7 Å². The number of ether oxygens (including phenoxy) is 1. The first kappa shape index (κ1) is 28.4. The number of H-pyrrole nitrogens is 1. The Balaban J connectivity index is 1.78. The summed E-state index contributed by atoms with van der Waals surface area (Å²) in [5, 5.41) is 20.5. The molecule has 7 N–H and O–H groups in total. The van der Waals surface area contributed by atoms with Crippen LogP contribution >= 0.6 is 31.3 Å². The van der Waals surface area contributed by atoms with Gasteiger partial charge in [-0.1, -0.05) is 0 Å². The Morgan fingerprint density at radius 3 is 2.23 bits per heavy atom. The average molecular weight is 588 g/mol. The molecule has 2 aromatic heterocycles. The largest absolute Gasteiger partial charge is 0.490 e. The van der Waals surface area contributed by atoms with Crippen LogP contribution in [0.3, 0.4) is 0 Å². The van der Waals surface area contributed by atoms with Gasteiger partial charge in [-0.15, -0.1) is 0 Å². The highest BCUT2D eigenvalue weighted by Gasteiger charge is 2.51. The first-order valence-corrected chi connectivity index (χ1v) is 14.6. The highest BCUT2D eigenvalue weighted by atomic mass is 31.3. The maximum Gasteiger partial charge on any atom is 0.490 e. The van der Waals surface area contributed by atoms with Crippen LogP contribution < -0.4 is 5.56 Å². The molecule has 0 aliphatic carbocycles. The zero-order valence-corrected chi connectivity index (χ0v) is 20.3. The number of aliphatic hydroxyl groups excluding tert-OH is 2. The van der Waals surface area contributed by atoms with E-state index in [0.717, 1.165) is 17.2 Å². The lowest BCUT2D eigenvalue weighted by Gasteiger charge is -2.23. The number of aromatic amines is 1. The molecule has 0 spiro atoms. The van der Waals surface area contributed by atoms with E-state index in [-0.39, 0.29) is 11.2 Å². The number of phosphoric acid groups is 4. The van der Waals surface area contributed by atoms with Crippen molar-refractivity contribution in [1.29, 1.82) is 0 Å². The maximum atomic E-state index is 12.6. The van der Waals surface area contributed by atoms with Crippen molar-refractivity contribution in [3.05, 3.63) is 23.0 Å². The van der Waals surface area contributed by atoms with Crippen LogP contribution in [-0.2, 0) is 45.0 Å². The Hall–Kier alpha value is -1.21. The van der Waals surface area contributed by atoms with Crippen LogP contribution in [0.5, 0.6) is 0 Å². The van der Waals surface area contributed by atoms with Gasteiger partial charge in [-0.3, -0.25) is 18.4 Å². The quantitative estimate of drug-likeness (QED) is 0.160. The normalized spacial score (nSPS) is 28.4. The number of aliphatic hydroxyl groups is 2. The van der Waals surface area contributed by atoms with Crippen molar-refractivity contribution in [1.82, 2.24) is 19.5 Å². The summed E-state index contributed by atoms with van der Waals surface area (Å²) in [5.74, 6) is 0. The molecule has 35 heavy (non-hydrogen) atoms. The van der Waals surface area contributed by atoms with Crippen LogP contribution in [0.15, 0.2) is 17.4 Å². The fourth-order valence-electron chi connectivity index (χ4n) is 2.66. The first-order chi connectivity index (χ1) is 16.0. The van der Waals surface area contributed by atoms with Gasteiger partial charge in [-0.2, -0.15) is 17.9 Å². The number of rotatable bonds is 10. The molecular weight excluding hydrogens is 572 g/mol. The summed E-state index contributed by atoms with van der Waals surface area (Å²) < 4.78 is 73.0. The van der Waals surface area contributed by atoms with E-state index in [2.05, 4.69) is 32.4 Å². The van der Waals surface area contributed by atoms with E-state index >= 15 is 0 Å². The average Bonchev–Trinajstić information content (AvgIpc) is 3.22. The summed E-state index contributed by atoms with van der Waals surface area (Å²) >= 11 is 0. The molecule has 7 atom stereocenters. The fourth-order valence-corrected chi connectivity index (χ4v) is 7.50. The highest BCUT2D eigenvalue weighted by molar-refractivity contribution is 7.69. The van der Waals surface area contributed by atoms with Crippen molar-refractivity contribution >= 4 is 42.5 Å². The lowest BCUT2D eigenvalue weighted by molar-refractivity contribution is -0.134. The van der Waals surface area contributed by atoms with E-state index < -0.39 is 61.6 Å². The molecule has 1 aliphatic heterocycles. The van der Waals surface area contributed by atoms with Gasteiger partial charge in [0.15, 0.2) is 18.0 Å². The van der Waals surface area contributed by atoms with Crippen LogP contribution in [0, 0.1) is 0 Å². The first-order valence-electron chi connectivity index (χ1n) is 8.57. The zero-order valence-electron chi connectivity index (χ0n) is 16.8. The number of fused-ring (bicyclic) bond motifs is 1. The van der Waals surface area contributed by atoms with E-state index in [9.17, 15) is 38.2 Å². The van der Waals surface area contributed by atoms with E-state index in [0.29, 0.717) is 7.11 Å². The van der Waals surface area contributed by atoms with Gasteiger partial charge in [-0.05, 0) is 0 Å². The predicted octanol–water partition coefficient (Wildman–Crippen LogP) is -1.19. The Labute approximate surface area is 192 Å². The lowest BCUT2D eigenvalue weighted by Crippen LogP contribution is -2.32. The van der Waals surface area contributed by atoms with Gasteiger partial charge in [0.1, 0.15) is 17.9 Å². The molecule has 0 aromatic carbocycles. The molecule has 0 radical (unpaired) electrons. The molecule has 3 heterocycles. The third-order valence-corrected chi connectivity index (χ3v) is 9.79. The van der Waals surface area contributed by atoms with Crippen LogP contribution in [-0.4, -0.2) is 74.9 Å².